The van der Waals surface area contributed by atoms with Crippen molar-refractivity contribution in [3.05, 3.63) is 40.6 Å². The number of aliphatic hydroxyl groups is 1. The van der Waals surface area contributed by atoms with Gasteiger partial charge in [0.1, 0.15) is 10.2 Å². The van der Waals surface area contributed by atoms with Gasteiger partial charge in [-0.1, -0.05) is 18.2 Å². The molecule has 1 heterocycles. The van der Waals surface area contributed by atoms with Crippen LogP contribution in [0.25, 0.3) is 0 Å². The van der Waals surface area contributed by atoms with E-state index in [1.54, 1.807) is 24.3 Å². The molecule has 78 valence electrons. The Morgan fingerprint density at radius 3 is 2.53 bits per heavy atom. The van der Waals surface area contributed by atoms with Gasteiger partial charge in [0.2, 0.25) is 12.0 Å². The minimum Gasteiger partial charge on any atom is -0.449 e. The molecule has 0 aliphatic carbocycles. The Kier molecular flexibility index (Phi) is 2.75. The van der Waals surface area contributed by atoms with Crippen LogP contribution < -0.4 is 4.74 Å². The third-order valence-corrected chi connectivity index (χ3v) is 2.55. The predicted octanol–water partition coefficient (Wildman–Crippen LogP) is 1.55. The van der Waals surface area contributed by atoms with Crippen molar-refractivity contribution in [2.24, 2.45) is 0 Å². The Hall–Kier alpha value is -1.33. The van der Waals surface area contributed by atoms with E-state index in [0.717, 1.165) is 0 Å². The van der Waals surface area contributed by atoms with Gasteiger partial charge in [0, 0.05) is 0 Å². The van der Waals surface area contributed by atoms with E-state index in [4.69, 9.17) is 4.74 Å². The van der Waals surface area contributed by atoms with Crippen molar-refractivity contribution in [1.29, 1.82) is 0 Å². The Balaban J connectivity index is 2.23. The first-order chi connectivity index (χ1) is 7.18. The summed E-state index contributed by atoms with van der Waals surface area (Å²) in [7, 11) is 0. The van der Waals surface area contributed by atoms with Crippen LogP contribution in [0.5, 0.6) is 5.75 Å². The van der Waals surface area contributed by atoms with Crippen LogP contribution in [0.3, 0.4) is 0 Å². The van der Waals surface area contributed by atoms with Gasteiger partial charge >= 0.3 is 5.97 Å². The van der Waals surface area contributed by atoms with E-state index < -0.39 is 12.3 Å². The molecule has 2 rings (SSSR count). The van der Waals surface area contributed by atoms with E-state index in [0.29, 0.717) is 5.75 Å². The van der Waals surface area contributed by atoms with Gasteiger partial charge in [-0.3, -0.25) is 0 Å². The van der Waals surface area contributed by atoms with Crippen molar-refractivity contribution in [3.8, 4) is 5.75 Å². The van der Waals surface area contributed by atoms with Crippen LogP contribution in [0.15, 0.2) is 40.6 Å². The molecule has 0 saturated heterocycles. The second kappa shape index (κ2) is 4.04. The summed E-state index contributed by atoms with van der Waals surface area (Å²) < 4.78 is 10.0. The summed E-state index contributed by atoms with van der Waals surface area (Å²) in [5, 5.41) is 9.19. The highest BCUT2D eigenvalue weighted by atomic mass is 79.9. The summed E-state index contributed by atoms with van der Waals surface area (Å²) in [6.45, 7) is 0. The van der Waals surface area contributed by atoms with Crippen LogP contribution in [0.4, 0.5) is 0 Å². The lowest BCUT2D eigenvalue weighted by atomic mass is 10.3. The molecule has 1 aromatic carbocycles. The van der Waals surface area contributed by atoms with Crippen LogP contribution in [-0.2, 0) is 9.53 Å². The molecule has 1 atom stereocenters. The number of carbonyl (C=O) groups excluding carboxylic acids is 1. The fraction of sp³-hybridized carbons (Fsp3) is 0.100. The molecule has 4 nitrogen and oxygen atoms in total. The van der Waals surface area contributed by atoms with Gasteiger partial charge in [0.25, 0.3) is 0 Å². The number of halogens is 1. The number of benzene rings is 1. The van der Waals surface area contributed by atoms with Gasteiger partial charge in [-0.15, -0.1) is 0 Å². The van der Waals surface area contributed by atoms with E-state index in [-0.39, 0.29) is 10.2 Å². The van der Waals surface area contributed by atoms with Gasteiger partial charge in [-0.05, 0) is 28.1 Å². The molecule has 0 spiro atoms. The molecular formula is C10H7BrO4. The number of para-hydroxylation sites is 1. The summed E-state index contributed by atoms with van der Waals surface area (Å²) in [5.74, 6) is -0.192. The molecule has 15 heavy (non-hydrogen) atoms. The average molecular weight is 271 g/mol. The number of esters is 1. The number of ether oxygens (including phenoxy) is 2. The first-order valence-corrected chi connectivity index (χ1v) is 4.99. The van der Waals surface area contributed by atoms with E-state index in [9.17, 15) is 9.90 Å². The molecule has 0 fully saturated rings. The summed E-state index contributed by atoms with van der Waals surface area (Å²) in [6, 6.07) is 8.79. The quantitative estimate of drug-likeness (QED) is 0.829. The normalized spacial score (nSPS) is 20.4. The lowest BCUT2D eigenvalue weighted by Crippen LogP contribution is -2.08. The fourth-order valence-electron chi connectivity index (χ4n) is 1.11. The fourth-order valence-corrected chi connectivity index (χ4v) is 1.45. The number of aliphatic hydroxyl groups excluding tert-OH is 1. The topological polar surface area (TPSA) is 55.8 Å². The molecule has 1 N–H and O–H groups in total. The summed E-state index contributed by atoms with van der Waals surface area (Å²) >= 11 is 3.03. The van der Waals surface area contributed by atoms with Crippen LogP contribution in [-0.4, -0.2) is 17.4 Å². The number of hydrogen-bond acceptors (Lipinski definition) is 4. The first kappa shape index (κ1) is 10.2. The van der Waals surface area contributed by atoms with E-state index >= 15 is 0 Å². The first-order valence-electron chi connectivity index (χ1n) is 4.20. The molecule has 0 bridgehead atoms. The van der Waals surface area contributed by atoms with Gasteiger partial charge < -0.3 is 14.6 Å². The van der Waals surface area contributed by atoms with Crippen molar-refractivity contribution in [3.63, 3.8) is 0 Å². The Morgan fingerprint density at radius 1 is 1.33 bits per heavy atom. The smallest absolute Gasteiger partial charge is 0.377 e. The highest BCUT2D eigenvalue weighted by molar-refractivity contribution is 9.11. The lowest BCUT2D eigenvalue weighted by Gasteiger charge is -2.02. The SMILES string of the molecule is O=C1OC(O)C(Br)=C1Oc1ccccc1. The van der Waals surface area contributed by atoms with E-state index in [2.05, 4.69) is 20.7 Å². The largest absolute Gasteiger partial charge is 0.449 e. The van der Waals surface area contributed by atoms with Crippen molar-refractivity contribution in [1.82, 2.24) is 0 Å². The monoisotopic (exact) mass is 270 g/mol. The average Bonchev–Trinajstić information content (AvgIpc) is 2.47. The third-order valence-electron chi connectivity index (χ3n) is 1.80. The van der Waals surface area contributed by atoms with Crippen LogP contribution in [0, 0.1) is 0 Å². The lowest BCUT2D eigenvalue weighted by molar-refractivity contribution is -0.153. The number of carbonyl (C=O) groups is 1. The minimum atomic E-state index is -1.27. The van der Waals surface area contributed by atoms with E-state index in [1.165, 1.54) is 0 Å². The summed E-state index contributed by atoms with van der Waals surface area (Å²) in [5.41, 5.74) is 0. The Bertz CT molecular complexity index is 413. The van der Waals surface area contributed by atoms with Gasteiger partial charge in [-0.2, -0.15) is 0 Å². The molecule has 0 amide bonds. The molecule has 1 unspecified atom stereocenters. The molecule has 0 saturated carbocycles. The molecule has 1 aliphatic heterocycles. The summed E-state index contributed by atoms with van der Waals surface area (Å²) in [6.07, 6.45) is -1.27. The second-order valence-electron chi connectivity index (χ2n) is 2.85. The zero-order valence-corrected chi connectivity index (χ0v) is 9.10. The maximum absolute atomic E-state index is 11.2. The van der Waals surface area contributed by atoms with E-state index in [1.807, 2.05) is 6.07 Å². The standard InChI is InChI=1S/C10H7BrO4/c11-7-8(10(13)15-9(7)12)14-6-4-2-1-3-5-6/h1-5,9,12H. The van der Waals surface area contributed by atoms with Crippen molar-refractivity contribution < 1.29 is 19.4 Å². The molecular weight excluding hydrogens is 264 g/mol. The number of hydrogen-bond donors (Lipinski definition) is 1. The molecule has 1 aliphatic rings. The Morgan fingerprint density at radius 2 is 2.00 bits per heavy atom. The second-order valence-corrected chi connectivity index (χ2v) is 3.70. The highest BCUT2D eigenvalue weighted by Crippen LogP contribution is 2.28. The maximum atomic E-state index is 11.2. The molecule has 5 heteroatoms. The summed E-state index contributed by atoms with van der Waals surface area (Å²) in [4.78, 5) is 11.2. The van der Waals surface area contributed by atoms with Crippen molar-refractivity contribution >= 4 is 21.9 Å². The van der Waals surface area contributed by atoms with Crippen LogP contribution in [0.1, 0.15) is 0 Å². The van der Waals surface area contributed by atoms with Crippen LogP contribution >= 0.6 is 15.9 Å². The molecule has 1 aromatic rings. The maximum Gasteiger partial charge on any atom is 0.377 e. The molecule has 0 radical (unpaired) electrons. The van der Waals surface area contributed by atoms with Gasteiger partial charge in [0.05, 0.1) is 0 Å². The van der Waals surface area contributed by atoms with Gasteiger partial charge in [0.15, 0.2) is 0 Å². The highest BCUT2D eigenvalue weighted by Gasteiger charge is 2.33. The van der Waals surface area contributed by atoms with Crippen LogP contribution in [0.2, 0.25) is 0 Å². The minimum absolute atomic E-state index is 0.0197. The molecule has 0 aromatic heterocycles. The number of rotatable bonds is 2. The zero-order chi connectivity index (χ0) is 10.8. The third kappa shape index (κ3) is 2.03. The number of cyclic esters (lactones) is 1. The predicted molar refractivity (Wildman–Crippen MR) is 55.1 cm³/mol. The van der Waals surface area contributed by atoms with Crippen molar-refractivity contribution in [2.45, 2.75) is 6.29 Å². The van der Waals surface area contributed by atoms with Gasteiger partial charge in [-0.25, -0.2) is 4.79 Å². The van der Waals surface area contributed by atoms with Crippen molar-refractivity contribution in [2.75, 3.05) is 0 Å². The zero-order valence-electron chi connectivity index (χ0n) is 7.51. The Labute approximate surface area is 94.2 Å².